The quantitative estimate of drug-likeness (QED) is 0.854. The van der Waals surface area contributed by atoms with Crippen LogP contribution in [-0.2, 0) is 16.6 Å². The zero-order valence-corrected chi connectivity index (χ0v) is 15.4. The van der Waals surface area contributed by atoms with Crippen LogP contribution in [0.2, 0.25) is 0 Å². The molecule has 136 valence electrons. The smallest absolute Gasteiger partial charge is 0.209 e. The Morgan fingerprint density at radius 1 is 1.28 bits per heavy atom. The molecule has 3 rings (SSSR count). The number of sulfonamides is 1. The van der Waals surface area contributed by atoms with E-state index in [1.165, 1.54) is 18.4 Å². The molecule has 2 heterocycles. The lowest BCUT2D eigenvalue weighted by Gasteiger charge is -2.17. The highest BCUT2D eigenvalue weighted by Gasteiger charge is 2.33. The molecule has 1 N–H and O–H groups in total. The topological polar surface area (TPSA) is 62.3 Å². The van der Waals surface area contributed by atoms with Gasteiger partial charge in [-0.2, -0.15) is 0 Å². The minimum Gasteiger partial charge on any atom is -0.296 e. The van der Waals surface area contributed by atoms with Gasteiger partial charge in [-0.05, 0) is 36.6 Å². The van der Waals surface area contributed by atoms with Crippen LogP contribution in [0.5, 0.6) is 0 Å². The van der Waals surface area contributed by atoms with E-state index in [2.05, 4.69) is 21.5 Å². The number of hydrogen-bond acceptors (Lipinski definition) is 4. The molecular weight excluding hydrogens is 341 g/mol. The molecule has 7 heteroatoms. The van der Waals surface area contributed by atoms with Crippen molar-refractivity contribution >= 4 is 20.9 Å². The number of hydrogen-bond donors (Lipinski definition) is 1. The first-order valence-electron chi connectivity index (χ1n) is 8.59. The van der Waals surface area contributed by atoms with Crippen LogP contribution in [0.3, 0.4) is 0 Å². The molecule has 1 aliphatic heterocycles. The van der Waals surface area contributed by atoms with Gasteiger partial charge in [0.15, 0.2) is 0 Å². The average Bonchev–Trinajstić information content (AvgIpc) is 2.87. The molecule has 1 fully saturated rings. The van der Waals surface area contributed by atoms with Gasteiger partial charge < -0.3 is 0 Å². The molecule has 0 aliphatic carbocycles. The van der Waals surface area contributed by atoms with Crippen molar-refractivity contribution in [1.82, 2.24) is 14.6 Å². The zero-order valence-electron chi connectivity index (χ0n) is 14.6. The van der Waals surface area contributed by atoms with Crippen molar-refractivity contribution in [1.29, 1.82) is 0 Å². The Hall–Kier alpha value is -1.57. The summed E-state index contributed by atoms with van der Waals surface area (Å²) in [6.07, 6.45) is 3.23. The number of aromatic nitrogens is 1. The van der Waals surface area contributed by atoms with Gasteiger partial charge in [0.25, 0.3) is 0 Å². The second-order valence-corrected chi connectivity index (χ2v) is 8.66. The Balaban J connectivity index is 1.73. The van der Waals surface area contributed by atoms with E-state index in [9.17, 15) is 12.8 Å². The highest BCUT2D eigenvalue weighted by Crippen LogP contribution is 2.24. The number of benzene rings is 1. The van der Waals surface area contributed by atoms with Gasteiger partial charge in [0.2, 0.25) is 10.0 Å². The van der Waals surface area contributed by atoms with Crippen LogP contribution in [0.25, 0.3) is 10.9 Å². The molecule has 1 aliphatic rings. The molecule has 1 aromatic heterocycles. The monoisotopic (exact) mass is 365 g/mol. The van der Waals surface area contributed by atoms with Crippen LogP contribution in [0.1, 0.15) is 25.5 Å². The standard InChI is InChI=1S/C18H24FN3O2S/c1-3-4-14-10-22(12-18(14)21-25(2,23)24)11-16-7-5-13-9-15(19)6-8-17(13)20-16/h5-9,14,18,21H,3-4,10-12H2,1-2H3/t14-,18-/m1/s1. The third-order valence-electron chi connectivity index (χ3n) is 4.64. The normalized spacial score (nSPS) is 21.9. The van der Waals surface area contributed by atoms with Crippen molar-refractivity contribution in [3.63, 3.8) is 0 Å². The lowest BCUT2D eigenvalue weighted by atomic mass is 9.99. The molecule has 0 unspecified atom stereocenters. The SMILES string of the molecule is CCC[C@@H]1CN(Cc2ccc3cc(F)ccc3n2)C[C@H]1NS(C)(=O)=O. The second-order valence-electron chi connectivity index (χ2n) is 6.88. The average molecular weight is 365 g/mol. The summed E-state index contributed by atoms with van der Waals surface area (Å²) < 4.78 is 39.2. The van der Waals surface area contributed by atoms with E-state index in [1.807, 2.05) is 12.1 Å². The number of nitrogens with zero attached hydrogens (tertiary/aromatic N) is 2. The van der Waals surface area contributed by atoms with Crippen molar-refractivity contribution in [3.8, 4) is 0 Å². The van der Waals surface area contributed by atoms with E-state index in [0.717, 1.165) is 36.0 Å². The molecule has 0 amide bonds. The Kier molecular flexibility index (Phi) is 5.36. The summed E-state index contributed by atoms with van der Waals surface area (Å²) >= 11 is 0. The second kappa shape index (κ2) is 7.35. The van der Waals surface area contributed by atoms with Crippen LogP contribution >= 0.6 is 0 Å². The van der Waals surface area contributed by atoms with Gasteiger partial charge in [0.05, 0.1) is 17.5 Å². The number of rotatable bonds is 6. The van der Waals surface area contributed by atoms with Gasteiger partial charge in [0, 0.05) is 31.1 Å². The van der Waals surface area contributed by atoms with Gasteiger partial charge in [-0.25, -0.2) is 17.5 Å². The first-order valence-corrected chi connectivity index (χ1v) is 10.5. The lowest BCUT2D eigenvalue weighted by Crippen LogP contribution is -2.39. The Morgan fingerprint density at radius 3 is 2.80 bits per heavy atom. The summed E-state index contributed by atoms with van der Waals surface area (Å²) in [6, 6.07) is 8.32. The molecule has 5 nitrogen and oxygen atoms in total. The number of pyridine rings is 1. The summed E-state index contributed by atoms with van der Waals surface area (Å²) in [6.45, 7) is 4.31. The molecule has 2 atom stereocenters. The third kappa shape index (κ3) is 4.74. The minimum atomic E-state index is -3.22. The van der Waals surface area contributed by atoms with Crippen molar-refractivity contribution < 1.29 is 12.8 Å². The van der Waals surface area contributed by atoms with Crippen LogP contribution in [0.15, 0.2) is 30.3 Å². The largest absolute Gasteiger partial charge is 0.296 e. The Labute approximate surface area is 148 Å². The van der Waals surface area contributed by atoms with Crippen LogP contribution in [0, 0.1) is 11.7 Å². The predicted octanol–water partition coefficient (Wildman–Crippen LogP) is 2.52. The molecule has 2 aromatic rings. The van der Waals surface area contributed by atoms with Gasteiger partial charge >= 0.3 is 0 Å². The Bertz CT molecular complexity index is 857. The van der Waals surface area contributed by atoms with Crippen molar-refractivity contribution in [3.05, 3.63) is 41.8 Å². The molecular formula is C18H24FN3O2S. The summed E-state index contributed by atoms with van der Waals surface area (Å²) in [5, 5.41) is 0.783. The lowest BCUT2D eigenvalue weighted by molar-refractivity contribution is 0.309. The fourth-order valence-electron chi connectivity index (χ4n) is 3.62. The molecule has 0 saturated carbocycles. The van der Waals surface area contributed by atoms with Crippen LogP contribution in [0.4, 0.5) is 4.39 Å². The maximum absolute atomic E-state index is 13.3. The summed E-state index contributed by atoms with van der Waals surface area (Å²) in [5.41, 5.74) is 1.68. The Morgan fingerprint density at radius 2 is 2.08 bits per heavy atom. The molecule has 0 spiro atoms. The van der Waals surface area contributed by atoms with E-state index in [4.69, 9.17) is 0 Å². The fourth-order valence-corrected chi connectivity index (χ4v) is 4.43. The van der Waals surface area contributed by atoms with Gasteiger partial charge in [-0.15, -0.1) is 0 Å². The maximum Gasteiger partial charge on any atom is 0.209 e. The third-order valence-corrected chi connectivity index (χ3v) is 5.37. The first kappa shape index (κ1) is 18.2. The molecule has 0 radical (unpaired) electrons. The van der Waals surface area contributed by atoms with Crippen LogP contribution < -0.4 is 4.72 Å². The molecule has 0 bridgehead atoms. The fraction of sp³-hybridized carbons (Fsp3) is 0.500. The number of nitrogens with one attached hydrogen (secondary N) is 1. The summed E-state index contributed by atoms with van der Waals surface area (Å²) in [5.74, 6) is 0.0490. The first-order chi connectivity index (χ1) is 11.8. The highest BCUT2D eigenvalue weighted by atomic mass is 32.2. The van der Waals surface area contributed by atoms with Crippen molar-refractivity contribution in [2.75, 3.05) is 19.3 Å². The number of likely N-dealkylation sites (tertiary alicyclic amines) is 1. The van der Waals surface area contributed by atoms with E-state index in [0.29, 0.717) is 19.0 Å². The van der Waals surface area contributed by atoms with E-state index >= 15 is 0 Å². The van der Waals surface area contributed by atoms with Crippen LogP contribution in [-0.4, -0.2) is 43.7 Å². The number of fused-ring (bicyclic) bond motifs is 1. The van der Waals surface area contributed by atoms with Gasteiger partial charge in [0.1, 0.15) is 5.82 Å². The van der Waals surface area contributed by atoms with Crippen molar-refractivity contribution in [2.45, 2.75) is 32.4 Å². The zero-order chi connectivity index (χ0) is 18.0. The van der Waals surface area contributed by atoms with Gasteiger partial charge in [-0.3, -0.25) is 9.88 Å². The minimum absolute atomic E-state index is 0.0514. The van der Waals surface area contributed by atoms with E-state index in [1.54, 1.807) is 6.07 Å². The molecule has 1 aromatic carbocycles. The van der Waals surface area contributed by atoms with E-state index < -0.39 is 10.0 Å². The summed E-state index contributed by atoms with van der Waals surface area (Å²) in [4.78, 5) is 6.84. The van der Waals surface area contributed by atoms with Crippen molar-refractivity contribution in [2.24, 2.45) is 5.92 Å². The van der Waals surface area contributed by atoms with E-state index in [-0.39, 0.29) is 11.9 Å². The molecule has 1 saturated heterocycles. The number of halogens is 1. The highest BCUT2D eigenvalue weighted by molar-refractivity contribution is 7.88. The predicted molar refractivity (Wildman–Crippen MR) is 97.1 cm³/mol. The maximum atomic E-state index is 13.3. The molecule has 25 heavy (non-hydrogen) atoms. The van der Waals surface area contributed by atoms with Gasteiger partial charge in [-0.1, -0.05) is 19.4 Å². The summed E-state index contributed by atoms with van der Waals surface area (Å²) in [7, 11) is -3.22.